The fraction of sp³-hybridized carbons (Fsp3) is 0.385. The molecule has 96 valence electrons. The van der Waals surface area contributed by atoms with Gasteiger partial charge in [0.25, 0.3) is 0 Å². The van der Waals surface area contributed by atoms with Gasteiger partial charge in [-0.1, -0.05) is 30.3 Å². The number of nitrogens with zero attached hydrogens (tertiary/aromatic N) is 1. The molecule has 0 saturated carbocycles. The predicted octanol–water partition coefficient (Wildman–Crippen LogP) is 1.15. The van der Waals surface area contributed by atoms with Crippen LogP contribution in [0.5, 0.6) is 0 Å². The van der Waals surface area contributed by atoms with Gasteiger partial charge in [0.2, 0.25) is 0 Å². The Labute approximate surface area is 106 Å². The number of esters is 1. The van der Waals surface area contributed by atoms with Gasteiger partial charge >= 0.3 is 12.0 Å². The van der Waals surface area contributed by atoms with Crippen molar-refractivity contribution >= 4 is 12.0 Å². The molecule has 2 rings (SSSR count). The van der Waals surface area contributed by atoms with E-state index in [0.29, 0.717) is 13.1 Å². The summed E-state index contributed by atoms with van der Waals surface area (Å²) in [5.41, 5.74) is 0.939. The molecular formula is C13H16N2O3. The number of hydrogen-bond donors (Lipinski definition) is 1. The SMILES string of the molecule is O=C(CN1CCCNC1=O)OCc1ccccc1. The van der Waals surface area contributed by atoms with E-state index in [-0.39, 0.29) is 25.2 Å². The third-order valence-electron chi connectivity index (χ3n) is 2.73. The first-order valence-corrected chi connectivity index (χ1v) is 5.98. The fourth-order valence-corrected chi connectivity index (χ4v) is 1.77. The standard InChI is InChI=1S/C13H16N2O3/c16-12(9-15-8-4-7-14-13(15)17)18-10-11-5-2-1-3-6-11/h1-3,5-6H,4,7-10H2,(H,14,17). The van der Waals surface area contributed by atoms with Gasteiger partial charge in [-0.2, -0.15) is 0 Å². The van der Waals surface area contributed by atoms with E-state index >= 15 is 0 Å². The van der Waals surface area contributed by atoms with Gasteiger partial charge in [-0.15, -0.1) is 0 Å². The van der Waals surface area contributed by atoms with Crippen molar-refractivity contribution in [1.29, 1.82) is 0 Å². The van der Waals surface area contributed by atoms with E-state index in [1.165, 1.54) is 4.90 Å². The van der Waals surface area contributed by atoms with Crippen molar-refractivity contribution in [2.75, 3.05) is 19.6 Å². The molecule has 18 heavy (non-hydrogen) atoms. The molecule has 1 aromatic carbocycles. The van der Waals surface area contributed by atoms with Crippen LogP contribution in [0.1, 0.15) is 12.0 Å². The van der Waals surface area contributed by atoms with Crippen molar-refractivity contribution in [3.8, 4) is 0 Å². The minimum Gasteiger partial charge on any atom is -0.459 e. The Bertz CT molecular complexity index is 420. The van der Waals surface area contributed by atoms with E-state index in [2.05, 4.69) is 5.32 Å². The summed E-state index contributed by atoms with van der Waals surface area (Å²) in [6, 6.07) is 9.27. The third-order valence-corrected chi connectivity index (χ3v) is 2.73. The van der Waals surface area contributed by atoms with Crippen LogP contribution in [0.4, 0.5) is 4.79 Å². The topological polar surface area (TPSA) is 58.6 Å². The maximum atomic E-state index is 11.6. The number of urea groups is 1. The molecular weight excluding hydrogens is 232 g/mol. The monoisotopic (exact) mass is 248 g/mol. The summed E-state index contributed by atoms with van der Waals surface area (Å²) in [4.78, 5) is 24.5. The first-order chi connectivity index (χ1) is 8.75. The van der Waals surface area contributed by atoms with Crippen LogP contribution in [0.3, 0.4) is 0 Å². The van der Waals surface area contributed by atoms with Crippen LogP contribution >= 0.6 is 0 Å². The normalized spacial score (nSPS) is 15.1. The molecule has 1 N–H and O–H groups in total. The van der Waals surface area contributed by atoms with Crippen LogP contribution in [0.15, 0.2) is 30.3 Å². The molecule has 2 amide bonds. The summed E-state index contributed by atoms with van der Waals surface area (Å²) in [6.45, 7) is 1.54. The Morgan fingerprint density at radius 2 is 2.11 bits per heavy atom. The predicted molar refractivity (Wildman–Crippen MR) is 65.8 cm³/mol. The molecule has 1 aliphatic heterocycles. The van der Waals surface area contributed by atoms with Crippen molar-refractivity contribution in [3.05, 3.63) is 35.9 Å². The number of benzene rings is 1. The molecule has 1 aromatic rings. The fourth-order valence-electron chi connectivity index (χ4n) is 1.77. The Morgan fingerprint density at radius 1 is 1.33 bits per heavy atom. The number of carbonyl (C=O) groups excluding carboxylic acids is 2. The van der Waals surface area contributed by atoms with Gasteiger partial charge in [-0.25, -0.2) is 4.79 Å². The zero-order chi connectivity index (χ0) is 12.8. The van der Waals surface area contributed by atoms with Crippen molar-refractivity contribution in [2.45, 2.75) is 13.0 Å². The number of rotatable bonds is 4. The highest BCUT2D eigenvalue weighted by molar-refractivity contribution is 5.81. The van der Waals surface area contributed by atoms with E-state index in [9.17, 15) is 9.59 Å². The minimum absolute atomic E-state index is 0.0126. The van der Waals surface area contributed by atoms with Gasteiger partial charge < -0.3 is 15.0 Å². The van der Waals surface area contributed by atoms with Crippen LogP contribution in [-0.2, 0) is 16.1 Å². The summed E-state index contributed by atoms with van der Waals surface area (Å²) in [5.74, 6) is -0.379. The van der Waals surface area contributed by atoms with E-state index in [1.54, 1.807) is 0 Å². The smallest absolute Gasteiger partial charge is 0.326 e. The van der Waals surface area contributed by atoms with Crippen molar-refractivity contribution in [1.82, 2.24) is 10.2 Å². The molecule has 0 atom stereocenters. The molecule has 0 aliphatic carbocycles. The number of ether oxygens (including phenoxy) is 1. The van der Waals surface area contributed by atoms with Crippen LogP contribution < -0.4 is 5.32 Å². The Kier molecular flexibility index (Phi) is 4.17. The lowest BCUT2D eigenvalue weighted by molar-refractivity contribution is -0.145. The molecule has 0 radical (unpaired) electrons. The Balaban J connectivity index is 1.76. The van der Waals surface area contributed by atoms with Gasteiger partial charge in [0.05, 0.1) is 0 Å². The van der Waals surface area contributed by atoms with Crippen molar-refractivity contribution in [2.24, 2.45) is 0 Å². The maximum absolute atomic E-state index is 11.6. The highest BCUT2D eigenvalue weighted by atomic mass is 16.5. The quantitative estimate of drug-likeness (QED) is 0.813. The summed E-state index contributed by atoms with van der Waals surface area (Å²) in [7, 11) is 0. The van der Waals surface area contributed by atoms with E-state index in [1.807, 2.05) is 30.3 Å². The molecule has 0 unspecified atom stereocenters. The highest BCUT2D eigenvalue weighted by Crippen LogP contribution is 2.03. The second-order valence-electron chi connectivity index (χ2n) is 4.15. The lowest BCUT2D eigenvalue weighted by atomic mass is 10.2. The van der Waals surface area contributed by atoms with E-state index in [4.69, 9.17) is 4.74 Å². The molecule has 5 heteroatoms. The third kappa shape index (κ3) is 3.48. The van der Waals surface area contributed by atoms with Crippen molar-refractivity contribution in [3.63, 3.8) is 0 Å². The van der Waals surface area contributed by atoms with Crippen LogP contribution in [-0.4, -0.2) is 36.5 Å². The molecule has 0 bridgehead atoms. The zero-order valence-electron chi connectivity index (χ0n) is 10.1. The average Bonchev–Trinajstić information content (AvgIpc) is 2.40. The first-order valence-electron chi connectivity index (χ1n) is 5.98. The average molecular weight is 248 g/mol. The minimum atomic E-state index is -0.379. The lowest BCUT2D eigenvalue weighted by Gasteiger charge is -2.26. The number of carbonyl (C=O) groups is 2. The summed E-state index contributed by atoms with van der Waals surface area (Å²) >= 11 is 0. The molecule has 1 saturated heterocycles. The number of amides is 2. The van der Waals surface area contributed by atoms with Crippen LogP contribution in [0.25, 0.3) is 0 Å². The van der Waals surface area contributed by atoms with Crippen molar-refractivity contribution < 1.29 is 14.3 Å². The molecule has 5 nitrogen and oxygen atoms in total. The summed E-state index contributed by atoms with van der Waals surface area (Å²) < 4.78 is 5.12. The van der Waals surface area contributed by atoms with Gasteiger partial charge in [0, 0.05) is 13.1 Å². The Morgan fingerprint density at radius 3 is 2.83 bits per heavy atom. The van der Waals surface area contributed by atoms with Crippen LogP contribution in [0, 0.1) is 0 Å². The van der Waals surface area contributed by atoms with E-state index in [0.717, 1.165) is 12.0 Å². The second-order valence-corrected chi connectivity index (χ2v) is 4.15. The maximum Gasteiger partial charge on any atom is 0.326 e. The number of nitrogens with one attached hydrogen (secondary N) is 1. The lowest BCUT2D eigenvalue weighted by Crippen LogP contribution is -2.48. The second kappa shape index (κ2) is 6.05. The van der Waals surface area contributed by atoms with Gasteiger partial charge in [-0.05, 0) is 12.0 Å². The van der Waals surface area contributed by atoms with Gasteiger partial charge in [-0.3, -0.25) is 4.79 Å². The summed E-state index contributed by atoms with van der Waals surface area (Å²) in [6.07, 6.45) is 0.859. The highest BCUT2D eigenvalue weighted by Gasteiger charge is 2.20. The van der Waals surface area contributed by atoms with Gasteiger partial charge in [0.15, 0.2) is 0 Å². The summed E-state index contributed by atoms with van der Waals surface area (Å²) in [5, 5.41) is 2.69. The molecule has 1 heterocycles. The first kappa shape index (κ1) is 12.4. The molecule has 1 fully saturated rings. The van der Waals surface area contributed by atoms with Gasteiger partial charge in [0.1, 0.15) is 13.2 Å². The molecule has 0 aromatic heterocycles. The number of hydrogen-bond acceptors (Lipinski definition) is 3. The zero-order valence-corrected chi connectivity index (χ0v) is 10.1. The molecule has 1 aliphatic rings. The Hall–Kier alpha value is -2.04. The largest absolute Gasteiger partial charge is 0.459 e. The molecule has 0 spiro atoms. The van der Waals surface area contributed by atoms with E-state index < -0.39 is 0 Å². The van der Waals surface area contributed by atoms with Crippen LogP contribution in [0.2, 0.25) is 0 Å².